The third kappa shape index (κ3) is 6.19. The van der Waals surface area contributed by atoms with Gasteiger partial charge in [-0.2, -0.15) is 0 Å². The molecule has 0 aliphatic heterocycles. The Morgan fingerprint density at radius 2 is 1.74 bits per heavy atom. The van der Waals surface area contributed by atoms with E-state index in [0.717, 1.165) is 25.7 Å². The van der Waals surface area contributed by atoms with Crippen LogP contribution in [-0.4, -0.2) is 29.7 Å². The highest BCUT2D eigenvalue weighted by molar-refractivity contribution is 5.95. The molecule has 0 saturated heterocycles. The molecule has 0 unspecified atom stereocenters. The normalized spacial score (nSPS) is 20.7. The van der Waals surface area contributed by atoms with Crippen molar-refractivity contribution in [2.24, 2.45) is 11.8 Å². The molecule has 1 aromatic carbocycles. The van der Waals surface area contributed by atoms with Gasteiger partial charge in [-0.1, -0.05) is 51.8 Å². The molecule has 1 fully saturated rings. The van der Waals surface area contributed by atoms with Crippen molar-refractivity contribution in [3.05, 3.63) is 35.9 Å². The Hall–Kier alpha value is -2.17. The molecule has 0 spiro atoms. The van der Waals surface area contributed by atoms with Crippen molar-refractivity contribution in [1.82, 2.24) is 10.6 Å². The number of nitrogens with one attached hydrogen (secondary N) is 2. The summed E-state index contributed by atoms with van der Waals surface area (Å²) >= 11 is 0. The van der Waals surface area contributed by atoms with E-state index in [2.05, 4.69) is 10.6 Å². The van der Waals surface area contributed by atoms with E-state index >= 15 is 0 Å². The van der Waals surface area contributed by atoms with Gasteiger partial charge in [-0.25, -0.2) is 0 Å². The summed E-state index contributed by atoms with van der Waals surface area (Å²) in [5.41, 5.74) is 0.598. The molecule has 5 heteroatoms. The Kier molecular flexibility index (Phi) is 8.01. The van der Waals surface area contributed by atoms with E-state index in [1.807, 2.05) is 39.0 Å². The topological polar surface area (TPSA) is 75.3 Å². The van der Waals surface area contributed by atoms with Crippen LogP contribution in [0, 0.1) is 11.8 Å². The molecule has 0 bridgehead atoms. The zero-order chi connectivity index (χ0) is 19.8. The van der Waals surface area contributed by atoms with Gasteiger partial charge in [0.25, 0.3) is 5.91 Å². The number of benzene rings is 1. The summed E-state index contributed by atoms with van der Waals surface area (Å²) in [7, 11) is 0. The standard InChI is InChI=1S/C22H32N2O3/c1-4-20(25)19(14-15(2)3)24-22(27)17-12-8-9-13-18(17)23-21(26)16-10-6-5-7-11-16/h5-7,10-11,15,17-19H,4,8-9,12-14H2,1-3H3,(H,23,26)(H,24,27)/t17-,18+,19+/m1/s1. The highest BCUT2D eigenvalue weighted by Gasteiger charge is 2.34. The first kappa shape index (κ1) is 21.1. The number of Topliss-reactive ketones (excluding diaryl/α,β-unsaturated/α-hetero) is 1. The van der Waals surface area contributed by atoms with E-state index < -0.39 is 6.04 Å². The van der Waals surface area contributed by atoms with Crippen molar-refractivity contribution in [3.8, 4) is 0 Å². The molecule has 2 N–H and O–H groups in total. The van der Waals surface area contributed by atoms with Crippen molar-refractivity contribution in [2.45, 2.75) is 71.4 Å². The van der Waals surface area contributed by atoms with Gasteiger partial charge >= 0.3 is 0 Å². The van der Waals surface area contributed by atoms with E-state index in [-0.39, 0.29) is 29.6 Å². The average molecular weight is 373 g/mol. The Bertz CT molecular complexity index is 642. The van der Waals surface area contributed by atoms with E-state index in [9.17, 15) is 14.4 Å². The first-order valence-electron chi connectivity index (χ1n) is 10.1. The Morgan fingerprint density at radius 3 is 2.37 bits per heavy atom. The van der Waals surface area contributed by atoms with Gasteiger partial charge in [0, 0.05) is 18.0 Å². The number of rotatable bonds is 8. The summed E-state index contributed by atoms with van der Waals surface area (Å²) in [6.45, 7) is 5.92. The highest BCUT2D eigenvalue weighted by Crippen LogP contribution is 2.25. The van der Waals surface area contributed by atoms with Gasteiger partial charge in [0.05, 0.1) is 12.0 Å². The van der Waals surface area contributed by atoms with Crippen LogP contribution in [0.2, 0.25) is 0 Å². The van der Waals surface area contributed by atoms with Gasteiger partial charge in [0.1, 0.15) is 0 Å². The average Bonchev–Trinajstić information content (AvgIpc) is 2.67. The lowest BCUT2D eigenvalue weighted by atomic mass is 9.83. The Balaban J connectivity index is 2.05. The Labute approximate surface area is 162 Å². The van der Waals surface area contributed by atoms with Gasteiger partial charge in [0.15, 0.2) is 5.78 Å². The number of hydrogen-bond acceptors (Lipinski definition) is 3. The van der Waals surface area contributed by atoms with E-state index in [4.69, 9.17) is 0 Å². The third-order valence-corrected chi connectivity index (χ3v) is 5.22. The van der Waals surface area contributed by atoms with E-state index in [1.165, 1.54) is 0 Å². The molecule has 5 nitrogen and oxygen atoms in total. The van der Waals surface area contributed by atoms with Crippen LogP contribution in [0.3, 0.4) is 0 Å². The van der Waals surface area contributed by atoms with Crippen LogP contribution in [0.5, 0.6) is 0 Å². The number of ketones is 1. The van der Waals surface area contributed by atoms with Crippen molar-refractivity contribution >= 4 is 17.6 Å². The zero-order valence-electron chi connectivity index (χ0n) is 16.7. The molecule has 148 valence electrons. The van der Waals surface area contributed by atoms with Crippen molar-refractivity contribution in [2.75, 3.05) is 0 Å². The minimum atomic E-state index is -0.435. The number of carbonyl (C=O) groups excluding carboxylic acids is 3. The molecule has 27 heavy (non-hydrogen) atoms. The molecule has 1 aliphatic carbocycles. The first-order chi connectivity index (χ1) is 12.9. The van der Waals surface area contributed by atoms with Gasteiger partial charge in [-0.3, -0.25) is 14.4 Å². The molecule has 1 aromatic rings. The zero-order valence-corrected chi connectivity index (χ0v) is 16.7. The lowest BCUT2D eigenvalue weighted by Crippen LogP contribution is -2.51. The summed E-state index contributed by atoms with van der Waals surface area (Å²) in [4.78, 5) is 37.7. The Morgan fingerprint density at radius 1 is 1.07 bits per heavy atom. The number of carbonyl (C=O) groups is 3. The highest BCUT2D eigenvalue weighted by atomic mass is 16.2. The quantitative estimate of drug-likeness (QED) is 0.733. The van der Waals surface area contributed by atoms with Gasteiger partial charge in [0.2, 0.25) is 5.91 Å². The SMILES string of the molecule is CCC(=O)[C@H](CC(C)C)NC(=O)[C@@H]1CCCC[C@@H]1NC(=O)c1ccccc1. The molecule has 0 aromatic heterocycles. The molecular formula is C22H32N2O3. The molecule has 2 rings (SSSR count). The predicted octanol–water partition coefficient (Wildman–Crippen LogP) is 3.49. The van der Waals surface area contributed by atoms with Crippen molar-refractivity contribution in [1.29, 1.82) is 0 Å². The van der Waals surface area contributed by atoms with E-state index in [0.29, 0.717) is 24.3 Å². The van der Waals surface area contributed by atoms with Crippen molar-refractivity contribution < 1.29 is 14.4 Å². The molecule has 1 saturated carbocycles. The van der Waals surface area contributed by atoms with Crippen LogP contribution in [-0.2, 0) is 9.59 Å². The summed E-state index contributed by atoms with van der Waals surface area (Å²) in [6, 6.07) is 8.43. The largest absolute Gasteiger partial charge is 0.349 e. The fourth-order valence-corrected chi connectivity index (χ4v) is 3.73. The summed E-state index contributed by atoms with van der Waals surface area (Å²) in [6.07, 6.45) is 4.54. The second kappa shape index (κ2) is 10.2. The monoisotopic (exact) mass is 372 g/mol. The van der Waals surface area contributed by atoms with Crippen LogP contribution in [0.15, 0.2) is 30.3 Å². The van der Waals surface area contributed by atoms with Crippen LogP contribution in [0.1, 0.15) is 69.7 Å². The van der Waals surface area contributed by atoms with E-state index in [1.54, 1.807) is 12.1 Å². The summed E-state index contributed by atoms with van der Waals surface area (Å²) < 4.78 is 0. The molecule has 0 radical (unpaired) electrons. The van der Waals surface area contributed by atoms with Crippen LogP contribution in [0.4, 0.5) is 0 Å². The summed E-state index contributed by atoms with van der Waals surface area (Å²) in [5, 5.41) is 6.01. The minimum absolute atomic E-state index is 0.0673. The third-order valence-electron chi connectivity index (χ3n) is 5.22. The number of hydrogen-bond donors (Lipinski definition) is 2. The number of amides is 2. The summed E-state index contributed by atoms with van der Waals surface area (Å²) in [5.74, 6) is -0.154. The molecule has 3 atom stereocenters. The maximum absolute atomic E-state index is 12.9. The second-order valence-electron chi connectivity index (χ2n) is 7.85. The van der Waals surface area contributed by atoms with Gasteiger partial charge in [-0.15, -0.1) is 0 Å². The maximum Gasteiger partial charge on any atom is 0.251 e. The molecule has 1 aliphatic rings. The fourth-order valence-electron chi connectivity index (χ4n) is 3.73. The lowest BCUT2D eigenvalue weighted by Gasteiger charge is -2.32. The second-order valence-corrected chi connectivity index (χ2v) is 7.85. The predicted molar refractivity (Wildman–Crippen MR) is 106 cm³/mol. The minimum Gasteiger partial charge on any atom is -0.349 e. The lowest BCUT2D eigenvalue weighted by molar-refractivity contribution is -0.131. The fraction of sp³-hybridized carbons (Fsp3) is 0.591. The molecular weight excluding hydrogens is 340 g/mol. The first-order valence-corrected chi connectivity index (χ1v) is 10.1. The smallest absolute Gasteiger partial charge is 0.251 e. The maximum atomic E-state index is 12.9. The van der Waals surface area contributed by atoms with Crippen LogP contribution < -0.4 is 10.6 Å². The van der Waals surface area contributed by atoms with Gasteiger partial charge in [-0.05, 0) is 37.3 Å². The molecule has 2 amide bonds. The van der Waals surface area contributed by atoms with Crippen LogP contribution >= 0.6 is 0 Å². The van der Waals surface area contributed by atoms with Crippen LogP contribution in [0.25, 0.3) is 0 Å². The van der Waals surface area contributed by atoms with Crippen molar-refractivity contribution in [3.63, 3.8) is 0 Å². The van der Waals surface area contributed by atoms with Gasteiger partial charge < -0.3 is 10.6 Å². The molecule has 0 heterocycles.